The van der Waals surface area contributed by atoms with E-state index >= 15 is 0 Å². The Labute approximate surface area is 101 Å². The fourth-order valence-corrected chi connectivity index (χ4v) is 2.79. The molecule has 3 heteroatoms. The molecule has 3 nitrogen and oxygen atoms in total. The number of rotatable bonds is 2. The van der Waals surface area contributed by atoms with E-state index in [0.29, 0.717) is 5.92 Å². The van der Waals surface area contributed by atoms with Gasteiger partial charge in [0.1, 0.15) is 11.8 Å². The third-order valence-electron chi connectivity index (χ3n) is 3.78. The van der Waals surface area contributed by atoms with Gasteiger partial charge in [0.25, 0.3) is 0 Å². The van der Waals surface area contributed by atoms with Crippen LogP contribution in [-0.4, -0.2) is 14.5 Å². The summed E-state index contributed by atoms with van der Waals surface area (Å²) in [5.41, 5.74) is 1.74. The molecule has 1 saturated carbocycles. The van der Waals surface area contributed by atoms with Gasteiger partial charge < -0.3 is 9.51 Å². The van der Waals surface area contributed by atoms with E-state index in [-0.39, 0.29) is 0 Å². The molecule has 1 aliphatic rings. The summed E-state index contributed by atoms with van der Waals surface area (Å²) in [6, 6.07) is 5.92. The average molecular weight is 230 g/mol. The van der Waals surface area contributed by atoms with E-state index in [9.17, 15) is 5.11 Å². The summed E-state index contributed by atoms with van der Waals surface area (Å²) < 4.78 is 1.97. The van der Waals surface area contributed by atoms with Gasteiger partial charge in [-0.2, -0.15) is 0 Å². The van der Waals surface area contributed by atoms with E-state index in [2.05, 4.69) is 4.98 Å². The lowest BCUT2D eigenvalue weighted by atomic mass is 9.84. The van der Waals surface area contributed by atoms with Gasteiger partial charge >= 0.3 is 0 Å². The number of aliphatic hydroxyl groups is 1. The Bertz CT molecular complexity index is 467. The molecule has 0 aromatic carbocycles. The predicted octanol–water partition coefficient (Wildman–Crippen LogP) is 2.95. The maximum Gasteiger partial charge on any atom is 0.137 e. The monoisotopic (exact) mass is 230 g/mol. The van der Waals surface area contributed by atoms with E-state index in [1.807, 2.05) is 35.0 Å². The third-order valence-corrected chi connectivity index (χ3v) is 3.78. The maximum absolute atomic E-state index is 10.4. The Morgan fingerprint density at radius 3 is 2.82 bits per heavy atom. The second-order valence-electron chi connectivity index (χ2n) is 4.97. The highest BCUT2D eigenvalue weighted by Gasteiger charge is 2.24. The van der Waals surface area contributed by atoms with Crippen LogP contribution in [0.25, 0.3) is 5.65 Å². The first-order valence-electron chi connectivity index (χ1n) is 6.46. The molecule has 2 aromatic rings. The number of hydrogen-bond donors (Lipinski definition) is 1. The predicted molar refractivity (Wildman–Crippen MR) is 66.7 cm³/mol. The van der Waals surface area contributed by atoms with Crippen molar-refractivity contribution in [1.82, 2.24) is 9.38 Å². The molecule has 2 heterocycles. The van der Waals surface area contributed by atoms with Crippen LogP contribution < -0.4 is 0 Å². The minimum absolute atomic E-state index is 0.393. The molecular formula is C14H18N2O. The zero-order valence-corrected chi connectivity index (χ0v) is 9.92. The molecule has 1 fully saturated rings. The summed E-state index contributed by atoms with van der Waals surface area (Å²) in [5.74, 6) is 0.397. The lowest BCUT2D eigenvalue weighted by molar-refractivity contribution is 0.0816. The van der Waals surface area contributed by atoms with Gasteiger partial charge in [-0.15, -0.1) is 0 Å². The normalized spacial score (nSPS) is 19.6. The second kappa shape index (κ2) is 4.49. The highest BCUT2D eigenvalue weighted by molar-refractivity contribution is 5.39. The van der Waals surface area contributed by atoms with Gasteiger partial charge in [0.15, 0.2) is 0 Å². The Morgan fingerprint density at radius 2 is 2.06 bits per heavy atom. The summed E-state index contributed by atoms with van der Waals surface area (Å²) in [7, 11) is 0. The van der Waals surface area contributed by atoms with Gasteiger partial charge in [-0.25, -0.2) is 4.98 Å². The number of aromatic nitrogens is 2. The maximum atomic E-state index is 10.4. The summed E-state index contributed by atoms with van der Waals surface area (Å²) in [5, 5.41) is 10.4. The zero-order chi connectivity index (χ0) is 11.7. The van der Waals surface area contributed by atoms with Gasteiger partial charge in [0.2, 0.25) is 0 Å². The minimum Gasteiger partial charge on any atom is -0.386 e. The molecule has 17 heavy (non-hydrogen) atoms. The molecule has 3 rings (SSSR count). The highest BCUT2D eigenvalue weighted by Crippen LogP contribution is 2.33. The van der Waals surface area contributed by atoms with Crippen LogP contribution in [0.5, 0.6) is 0 Å². The van der Waals surface area contributed by atoms with E-state index in [4.69, 9.17) is 0 Å². The largest absolute Gasteiger partial charge is 0.386 e. The third kappa shape index (κ3) is 2.07. The fourth-order valence-electron chi connectivity index (χ4n) is 2.79. The Balaban J connectivity index is 1.86. The molecule has 1 unspecified atom stereocenters. The van der Waals surface area contributed by atoms with Crippen molar-refractivity contribution in [3.8, 4) is 0 Å². The van der Waals surface area contributed by atoms with Crippen LogP contribution in [0.1, 0.15) is 43.9 Å². The van der Waals surface area contributed by atoms with E-state index in [1.165, 1.54) is 19.3 Å². The topological polar surface area (TPSA) is 37.5 Å². The van der Waals surface area contributed by atoms with Gasteiger partial charge in [0, 0.05) is 12.4 Å². The van der Waals surface area contributed by atoms with Crippen LogP contribution in [0.2, 0.25) is 0 Å². The van der Waals surface area contributed by atoms with Crippen molar-refractivity contribution in [1.29, 1.82) is 0 Å². The molecule has 0 saturated heterocycles. The van der Waals surface area contributed by atoms with E-state index < -0.39 is 6.10 Å². The summed E-state index contributed by atoms with van der Waals surface area (Å²) in [6.45, 7) is 0. The first-order valence-corrected chi connectivity index (χ1v) is 6.46. The molecule has 1 N–H and O–H groups in total. The van der Waals surface area contributed by atoms with Crippen molar-refractivity contribution >= 4 is 5.65 Å². The molecule has 1 aliphatic carbocycles. The smallest absolute Gasteiger partial charge is 0.137 e. The summed E-state index contributed by atoms with van der Waals surface area (Å²) in [4.78, 5) is 4.50. The van der Waals surface area contributed by atoms with Crippen LogP contribution in [0, 0.1) is 5.92 Å². The Hall–Kier alpha value is -1.35. The molecule has 1 atom stereocenters. The van der Waals surface area contributed by atoms with Crippen LogP contribution in [0.3, 0.4) is 0 Å². The number of aliphatic hydroxyl groups excluding tert-OH is 1. The van der Waals surface area contributed by atoms with Crippen LogP contribution in [-0.2, 0) is 0 Å². The quantitative estimate of drug-likeness (QED) is 0.861. The number of imidazole rings is 1. The van der Waals surface area contributed by atoms with Gasteiger partial charge in [-0.05, 0) is 30.9 Å². The van der Waals surface area contributed by atoms with E-state index in [0.717, 1.165) is 24.2 Å². The van der Waals surface area contributed by atoms with Crippen LogP contribution in [0.15, 0.2) is 30.6 Å². The fraction of sp³-hybridized carbons (Fsp3) is 0.500. The number of pyridine rings is 1. The Kier molecular flexibility index (Phi) is 2.85. The molecule has 0 spiro atoms. The van der Waals surface area contributed by atoms with Gasteiger partial charge in [0.05, 0.1) is 5.69 Å². The van der Waals surface area contributed by atoms with Crippen molar-refractivity contribution < 1.29 is 5.11 Å². The lowest BCUT2D eigenvalue weighted by Gasteiger charge is -2.25. The van der Waals surface area contributed by atoms with Crippen LogP contribution >= 0.6 is 0 Å². The van der Waals surface area contributed by atoms with Crippen molar-refractivity contribution in [2.24, 2.45) is 5.92 Å². The SMILES string of the molecule is OC(c1cn2ccccc2n1)C1CCCCC1. The second-order valence-corrected chi connectivity index (χ2v) is 4.97. The van der Waals surface area contributed by atoms with Crippen molar-refractivity contribution in [2.45, 2.75) is 38.2 Å². The summed E-state index contributed by atoms with van der Waals surface area (Å²) in [6.07, 6.45) is 9.60. The first kappa shape index (κ1) is 10.8. The Morgan fingerprint density at radius 1 is 1.24 bits per heavy atom. The van der Waals surface area contributed by atoms with E-state index in [1.54, 1.807) is 0 Å². The standard InChI is InChI=1S/C14H18N2O/c17-14(11-6-2-1-3-7-11)12-10-16-9-5-4-8-13(16)15-12/h4-5,8-11,14,17H,1-3,6-7H2. The van der Waals surface area contributed by atoms with Crippen LogP contribution in [0.4, 0.5) is 0 Å². The number of fused-ring (bicyclic) bond motifs is 1. The molecule has 2 aromatic heterocycles. The number of nitrogens with zero attached hydrogens (tertiary/aromatic N) is 2. The van der Waals surface area contributed by atoms with Gasteiger partial charge in [-0.1, -0.05) is 25.3 Å². The molecule has 0 amide bonds. The number of hydrogen-bond acceptors (Lipinski definition) is 2. The molecule has 0 radical (unpaired) electrons. The lowest BCUT2D eigenvalue weighted by Crippen LogP contribution is -2.16. The summed E-state index contributed by atoms with van der Waals surface area (Å²) >= 11 is 0. The molecule has 0 aliphatic heterocycles. The first-order chi connectivity index (χ1) is 8.34. The minimum atomic E-state index is -0.393. The zero-order valence-electron chi connectivity index (χ0n) is 9.92. The molecular weight excluding hydrogens is 212 g/mol. The van der Waals surface area contributed by atoms with Crippen molar-refractivity contribution in [3.63, 3.8) is 0 Å². The highest BCUT2D eigenvalue weighted by atomic mass is 16.3. The molecule has 0 bridgehead atoms. The van der Waals surface area contributed by atoms with Crippen molar-refractivity contribution in [3.05, 3.63) is 36.3 Å². The average Bonchev–Trinajstić information content (AvgIpc) is 2.82. The van der Waals surface area contributed by atoms with Gasteiger partial charge in [-0.3, -0.25) is 0 Å². The molecule has 90 valence electrons. The van der Waals surface area contributed by atoms with Crippen molar-refractivity contribution in [2.75, 3.05) is 0 Å².